The summed E-state index contributed by atoms with van der Waals surface area (Å²) < 4.78 is 12.1. The average molecular weight is 422 g/mol. The van der Waals surface area contributed by atoms with E-state index < -0.39 is 18.3 Å². The van der Waals surface area contributed by atoms with Crippen molar-refractivity contribution in [3.8, 4) is 11.8 Å². The highest BCUT2D eigenvalue weighted by molar-refractivity contribution is 5.51. The van der Waals surface area contributed by atoms with Crippen LogP contribution in [-0.2, 0) is 11.2 Å². The summed E-state index contributed by atoms with van der Waals surface area (Å²) >= 11 is 0. The lowest BCUT2D eigenvalue weighted by atomic mass is 9.91. The van der Waals surface area contributed by atoms with Gasteiger partial charge in [-0.05, 0) is 67.9 Å². The molecule has 4 rings (SSSR count). The fourth-order valence-corrected chi connectivity index (χ4v) is 4.35. The normalized spacial score (nSPS) is 23.5. The molecule has 3 unspecified atom stereocenters. The Kier molecular flexibility index (Phi) is 6.62. The van der Waals surface area contributed by atoms with E-state index in [1.807, 2.05) is 19.9 Å². The van der Waals surface area contributed by atoms with Crippen LogP contribution < -0.4 is 4.74 Å². The Balaban J connectivity index is 1.67. The number of ether oxygens (including phenoxy) is 2. The van der Waals surface area contributed by atoms with E-state index in [4.69, 9.17) is 9.47 Å². The molecule has 1 saturated carbocycles. The molecule has 164 valence electrons. The van der Waals surface area contributed by atoms with Crippen molar-refractivity contribution in [3.63, 3.8) is 0 Å². The van der Waals surface area contributed by atoms with Gasteiger partial charge in [-0.1, -0.05) is 24.3 Å². The first kappa shape index (κ1) is 21.8. The average Bonchev–Trinajstić information content (AvgIpc) is 3.59. The molecule has 5 heteroatoms. The lowest BCUT2D eigenvalue weighted by molar-refractivity contribution is -0.114. The predicted octanol–water partition coefficient (Wildman–Crippen LogP) is 4.39. The Hall–Kier alpha value is -2.39. The first-order valence-corrected chi connectivity index (χ1v) is 11.2. The number of aliphatic hydroxyl groups excluding tert-OH is 2. The minimum absolute atomic E-state index is 0.0618. The van der Waals surface area contributed by atoms with Crippen LogP contribution in [-0.4, -0.2) is 35.1 Å². The smallest absolute Gasteiger partial charge is 0.126 e. The zero-order valence-electron chi connectivity index (χ0n) is 18.3. The second-order valence-corrected chi connectivity index (χ2v) is 9.07. The van der Waals surface area contributed by atoms with E-state index in [9.17, 15) is 15.5 Å². The summed E-state index contributed by atoms with van der Waals surface area (Å²) in [6.07, 6.45) is 2.65. The van der Waals surface area contributed by atoms with E-state index >= 15 is 0 Å². The first-order chi connectivity index (χ1) is 15.0. The van der Waals surface area contributed by atoms with Gasteiger partial charge in [0.25, 0.3) is 0 Å². The maximum atomic E-state index is 10.3. The molecule has 0 bridgehead atoms. The highest BCUT2D eigenvalue weighted by Gasteiger charge is 2.31. The quantitative estimate of drug-likeness (QED) is 0.693. The molecule has 0 aromatic heterocycles. The fourth-order valence-electron chi connectivity index (χ4n) is 4.35. The fraction of sp³-hybridized carbons (Fsp3) is 0.500. The van der Waals surface area contributed by atoms with Gasteiger partial charge in [0, 0.05) is 18.4 Å². The molecule has 1 saturated heterocycles. The summed E-state index contributed by atoms with van der Waals surface area (Å²) in [6.45, 7) is 3.75. The summed E-state index contributed by atoms with van der Waals surface area (Å²) in [5, 5.41) is 29.7. The lowest BCUT2D eigenvalue weighted by Crippen LogP contribution is -2.33. The van der Waals surface area contributed by atoms with Crippen molar-refractivity contribution in [3.05, 3.63) is 64.2 Å². The molecule has 0 amide bonds. The van der Waals surface area contributed by atoms with Crippen molar-refractivity contribution in [2.75, 3.05) is 6.61 Å². The molecule has 2 aromatic carbocycles. The SMILES string of the molecule is CC(C)Oc1cc(C#N)c(Cc2ccc(C3CC3)cc2)cc1C1CC(O)CC(CO)O1. The summed E-state index contributed by atoms with van der Waals surface area (Å²) in [5.74, 6) is 1.33. The van der Waals surface area contributed by atoms with E-state index in [1.165, 1.54) is 18.4 Å². The number of hydrogen-bond donors (Lipinski definition) is 2. The van der Waals surface area contributed by atoms with E-state index in [0.29, 0.717) is 30.6 Å². The van der Waals surface area contributed by atoms with Gasteiger partial charge in [0.1, 0.15) is 5.75 Å². The van der Waals surface area contributed by atoms with Crippen LogP contribution in [0.15, 0.2) is 36.4 Å². The molecule has 2 N–H and O–H groups in total. The molecular formula is C26H31NO4. The van der Waals surface area contributed by atoms with Crippen molar-refractivity contribution in [2.45, 2.75) is 76.3 Å². The van der Waals surface area contributed by atoms with Gasteiger partial charge in [-0.2, -0.15) is 5.26 Å². The standard InChI is InChI=1S/C26H31NO4/c1-16(2)30-25-11-21(14-27)20(9-17-3-5-18(6-4-17)19-7-8-19)10-24(25)26-13-22(29)12-23(15-28)31-26/h3-6,10-11,16,19,22-23,26,28-29H,7-9,12-13,15H2,1-2H3. The topological polar surface area (TPSA) is 82.7 Å². The zero-order valence-corrected chi connectivity index (χ0v) is 18.3. The molecular weight excluding hydrogens is 390 g/mol. The van der Waals surface area contributed by atoms with Crippen molar-refractivity contribution in [2.24, 2.45) is 0 Å². The molecule has 3 atom stereocenters. The van der Waals surface area contributed by atoms with Crippen molar-refractivity contribution in [1.82, 2.24) is 0 Å². The molecule has 2 fully saturated rings. The zero-order chi connectivity index (χ0) is 22.0. The molecule has 2 aromatic rings. The third-order valence-corrected chi connectivity index (χ3v) is 6.07. The number of nitriles is 1. The molecule has 0 spiro atoms. The van der Waals surface area contributed by atoms with E-state index in [2.05, 4.69) is 30.3 Å². The number of nitrogens with zero attached hydrogens (tertiary/aromatic N) is 1. The molecule has 1 aliphatic carbocycles. The van der Waals surface area contributed by atoms with E-state index in [0.717, 1.165) is 22.6 Å². The summed E-state index contributed by atoms with van der Waals surface area (Å²) in [6, 6.07) is 14.8. The van der Waals surface area contributed by atoms with Gasteiger partial charge in [0.15, 0.2) is 0 Å². The maximum Gasteiger partial charge on any atom is 0.126 e. The van der Waals surface area contributed by atoms with Crippen molar-refractivity contribution >= 4 is 0 Å². The minimum Gasteiger partial charge on any atom is -0.491 e. The van der Waals surface area contributed by atoms with Gasteiger partial charge < -0.3 is 19.7 Å². The molecule has 31 heavy (non-hydrogen) atoms. The Morgan fingerprint density at radius 1 is 1.16 bits per heavy atom. The van der Waals surface area contributed by atoms with Crippen LogP contribution in [0, 0.1) is 11.3 Å². The Morgan fingerprint density at radius 3 is 2.52 bits per heavy atom. The summed E-state index contributed by atoms with van der Waals surface area (Å²) in [4.78, 5) is 0. The Morgan fingerprint density at radius 2 is 1.90 bits per heavy atom. The van der Waals surface area contributed by atoms with Crippen LogP contribution in [0.25, 0.3) is 0 Å². The number of rotatable bonds is 7. The highest BCUT2D eigenvalue weighted by Crippen LogP contribution is 2.41. The van der Waals surface area contributed by atoms with Crippen molar-refractivity contribution < 1.29 is 19.7 Å². The molecule has 5 nitrogen and oxygen atoms in total. The second-order valence-electron chi connectivity index (χ2n) is 9.07. The Labute approximate surface area is 184 Å². The van der Waals surface area contributed by atoms with Crippen LogP contribution in [0.1, 0.15) is 79.4 Å². The van der Waals surface area contributed by atoms with Gasteiger partial charge in [0.2, 0.25) is 0 Å². The third kappa shape index (κ3) is 5.27. The lowest BCUT2D eigenvalue weighted by Gasteiger charge is -2.33. The van der Waals surface area contributed by atoms with Gasteiger partial charge >= 0.3 is 0 Å². The first-order valence-electron chi connectivity index (χ1n) is 11.2. The largest absolute Gasteiger partial charge is 0.491 e. The number of hydrogen-bond acceptors (Lipinski definition) is 5. The minimum atomic E-state index is -0.545. The predicted molar refractivity (Wildman–Crippen MR) is 118 cm³/mol. The van der Waals surface area contributed by atoms with Crippen LogP contribution in [0.3, 0.4) is 0 Å². The van der Waals surface area contributed by atoms with Gasteiger partial charge in [-0.3, -0.25) is 0 Å². The molecule has 1 heterocycles. The molecule has 2 aliphatic rings. The monoisotopic (exact) mass is 421 g/mol. The van der Waals surface area contributed by atoms with Gasteiger partial charge in [-0.25, -0.2) is 0 Å². The van der Waals surface area contributed by atoms with E-state index in [1.54, 1.807) is 6.07 Å². The summed E-state index contributed by atoms with van der Waals surface area (Å²) in [5.41, 5.74) is 4.87. The van der Waals surface area contributed by atoms with E-state index in [-0.39, 0.29) is 12.7 Å². The highest BCUT2D eigenvalue weighted by atomic mass is 16.5. The maximum absolute atomic E-state index is 10.3. The Bertz CT molecular complexity index is 943. The number of aliphatic hydroxyl groups is 2. The van der Waals surface area contributed by atoms with Crippen LogP contribution in [0.5, 0.6) is 5.75 Å². The molecule has 0 radical (unpaired) electrons. The summed E-state index contributed by atoms with van der Waals surface area (Å²) in [7, 11) is 0. The van der Waals surface area contributed by atoms with Crippen LogP contribution in [0.2, 0.25) is 0 Å². The third-order valence-electron chi connectivity index (χ3n) is 6.07. The second kappa shape index (κ2) is 9.40. The molecule has 1 aliphatic heterocycles. The van der Waals surface area contributed by atoms with Gasteiger partial charge in [-0.15, -0.1) is 0 Å². The van der Waals surface area contributed by atoms with Gasteiger partial charge in [0.05, 0.1) is 42.7 Å². The van der Waals surface area contributed by atoms with Crippen molar-refractivity contribution in [1.29, 1.82) is 5.26 Å². The van der Waals surface area contributed by atoms with Crippen LogP contribution >= 0.6 is 0 Å². The van der Waals surface area contributed by atoms with Crippen LogP contribution in [0.4, 0.5) is 0 Å². The number of benzene rings is 2.